The molecule has 10 heteroatoms. The molecular formula is C22H21N7O3. The normalized spacial score (nSPS) is 10.8. The topological polar surface area (TPSA) is 151 Å². The molecule has 1 aromatic carbocycles. The lowest BCUT2D eigenvalue weighted by Gasteiger charge is -2.16. The third kappa shape index (κ3) is 3.37. The first-order chi connectivity index (χ1) is 15.3. The number of pyridine rings is 1. The van der Waals surface area contributed by atoms with Crippen molar-refractivity contribution in [2.45, 2.75) is 13.8 Å². The molecule has 2 amide bonds. The number of benzene rings is 1. The van der Waals surface area contributed by atoms with E-state index in [1.807, 2.05) is 26.0 Å². The summed E-state index contributed by atoms with van der Waals surface area (Å²) in [5, 5.41) is 2.68. The molecule has 0 aliphatic carbocycles. The van der Waals surface area contributed by atoms with Crippen molar-refractivity contribution in [2.75, 3.05) is 18.2 Å². The minimum Gasteiger partial charge on any atom is -0.496 e. The summed E-state index contributed by atoms with van der Waals surface area (Å²) in [7, 11) is 1.57. The Morgan fingerprint density at radius 2 is 1.94 bits per heavy atom. The molecule has 0 aliphatic rings. The number of hydrogen-bond donors (Lipinski definition) is 3. The maximum absolute atomic E-state index is 12.7. The molecule has 0 radical (unpaired) electrons. The zero-order valence-electron chi connectivity index (χ0n) is 17.7. The lowest BCUT2D eigenvalue weighted by molar-refractivity contribution is 0.0997. The number of carbonyl (C=O) groups excluding carboxylic acids is 2. The van der Waals surface area contributed by atoms with Gasteiger partial charge in [0.2, 0.25) is 0 Å². The van der Waals surface area contributed by atoms with Crippen molar-refractivity contribution in [2.24, 2.45) is 5.73 Å². The first-order valence-electron chi connectivity index (χ1n) is 9.66. The molecule has 4 aromatic rings. The predicted molar refractivity (Wildman–Crippen MR) is 120 cm³/mol. The zero-order chi connectivity index (χ0) is 23.0. The zero-order valence-corrected chi connectivity index (χ0v) is 17.7. The van der Waals surface area contributed by atoms with Gasteiger partial charge in [0.1, 0.15) is 28.3 Å². The molecule has 0 fully saturated rings. The van der Waals surface area contributed by atoms with E-state index in [-0.39, 0.29) is 22.6 Å². The van der Waals surface area contributed by atoms with E-state index < -0.39 is 11.8 Å². The third-order valence-electron chi connectivity index (χ3n) is 5.12. The number of carbonyl (C=O) groups is 2. The molecule has 162 valence electrons. The van der Waals surface area contributed by atoms with Gasteiger partial charge in [-0.25, -0.2) is 9.97 Å². The summed E-state index contributed by atoms with van der Waals surface area (Å²) in [6, 6.07) is 7.10. The summed E-state index contributed by atoms with van der Waals surface area (Å²) in [4.78, 5) is 37.7. The summed E-state index contributed by atoms with van der Waals surface area (Å²) in [6.45, 7) is 3.78. The lowest BCUT2D eigenvalue weighted by atomic mass is 10.1. The summed E-state index contributed by atoms with van der Waals surface area (Å²) in [5.41, 5.74) is 15.3. The van der Waals surface area contributed by atoms with E-state index in [0.29, 0.717) is 22.8 Å². The second kappa shape index (κ2) is 7.99. The van der Waals surface area contributed by atoms with E-state index in [1.165, 1.54) is 12.4 Å². The van der Waals surface area contributed by atoms with Crippen LogP contribution in [0.25, 0.3) is 16.9 Å². The predicted octanol–water partition coefficient (Wildman–Crippen LogP) is 2.37. The molecule has 10 nitrogen and oxygen atoms in total. The van der Waals surface area contributed by atoms with Crippen molar-refractivity contribution in [1.29, 1.82) is 0 Å². The number of amides is 2. The van der Waals surface area contributed by atoms with Crippen LogP contribution in [0.5, 0.6) is 5.75 Å². The molecule has 0 aliphatic heterocycles. The van der Waals surface area contributed by atoms with E-state index in [9.17, 15) is 9.59 Å². The molecule has 0 atom stereocenters. The fraction of sp³-hybridized carbons (Fsp3) is 0.136. The minimum atomic E-state index is -0.774. The molecule has 5 N–H and O–H groups in total. The van der Waals surface area contributed by atoms with Crippen LogP contribution < -0.4 is 21.5 Å². The van der Waals surface area contributed by atoms with Gasteiger partial charge in [-0.2, -0.15) is 0 Å². The Labute approximate surface area is 183 Å². The Morgan fingerprint density at radius 1 is 1.16 bits per heavy atom. The highest BCUT2D eigenvalue weighted by molar-refractivity contribution is 6.11. The van der Waals surface area contributed by atoms with Crippen LogP contribution in [0.3, 0.4) is 0 Å². The highest BCUT2D eigenvalue weighted by atomic mass is 16.5. The van der Waals surface area contributed by atoms with Gasteiger partial charge >= 0.3 is 0 Å². The quantitative estimate of drug-likeness (QED) is 0.439. The van der Waals surface area contributed by atoms with Gasteiger partial charge in [0.15, 0.2) is 5.65 Å². The number of rotatable bonds is 5. The van der Waals surface area contributed by atoms with E-state index in [4.69, 9.17) is 16.2 Å². The molecule has 32 heavy (non-hydrogen) atoms. The van der Waals surface area contributed by atoms with Crippen LogP contribution >= 0.6 is 0 Å². The molecule has 0 bridgehead atoms. The number of ether oxygens (including phenoxy) is 1. The van der Waals surface area contributed by atoms with Crippen LogP contribution in [0.1, 0.15) is 32.0 Å². The van der Waals surface area contributed by atoms with Gasteiger partial charge in [-0.05, 0) is 37.6 Å². The molecule has 0 saturated carbocycles. The molecule has 4 rings (SSSR count). The molecule has 0 spiro atoms. The summed E-state index contributed by atoms with van der Waals surface area (Å²) in [6.07, 6.45) is 4.41. The van der Waals surface area contributed by atoms with Crippen molar-refractivity contribution in [3.63, 3.8) is 0 Å². The van der Waals surface area contributed by atoms with Crippen LogP contribution in [0, 0.1) is 13.8 Å². The number of fused-ring (bicyclic) bond motifs is 1. The summed E-state index contributed by atoms with van der Waals surface area (Å²) < 4.78 is 7.05. The van der Waals surface area contributed by atoms with Gasteiger partial charge in [0, 0.05) is 11.8 Å². The molecule has 0 unspecified atom stereocenters. The van der Waals surface area contributed by atoms with Crippen molar-refractivity contribution in [3.8, 4) is 11.4 Å². The smallest absolute Gasteiger partial charge is 0.275 e. The van der Waals surface area contributed by atoms with Crippen molar-refractivity contribution >= 4 is 34.5 Å². The monoisotopic (exact) mass is 431 g/mol. The molecule has 0 saturated heterocycles. The maximum Gasteiger partial charge on any atom is 0.275 e. The van der Waals surface area contributed by atoms with Gasteiger partial charge in [-0.3, -0.25) is 19.1 Å². The van der Waals surface area contributed by atoms with Crippen molar-refractivity contribution in [1.82, 2.24) is 19.5 Å². The van der Waals surface area contributed by atoms with Gasteiger partial charge in [0.05, 0.1) is 30.9 Å². The summed E-state index contributed by atoms with van der Waals surface area (Å²) in [5.74, 6) is -0.559. The summed E-state index contributed by atoms with van der Waals surface area (Å²) >= 11 is 0. The average Bonchev–Trinajstić information content (AvgIpc) is 3.06. The second-order valence-corrected chi connectivity index (χ2v) is 7.14. The van der Waals surface area contributed by atoms with Crippen molar-refractivity contribution in [3.05, 3.63) is 65.2 Å². The Hall–Kier alpha value is -4.47. The number of aryl methyl sites for hydroxylation is 1. The van der Waals surface area contributed by atoms with E-state index in [0.717, 1.165) is 11.1 Å². The number of nitrogens with one attached hydrogen (secondary N) is 1. The van der Waals surface area contributed by atoms with E-state index in [2.05, 4.69) is 20.3 Å². The molecular weight excluding hydrogens is 410 g/mol. The largest absolute Gasteiger partial charge is 0.496 e. The van der Waals surface area contributed by atoms with Gasteiger partial charge < -0.3 is 21.5 Å². The second-order valence-electron chi connectivity index (χ2n) is 7.14. The molecule has 3 heterocycles. The number of aromatic nitrogens is 4. The Bertz CT molecular complexity index is 1360. The van der Waals surface area contributed by atoms with Crippen LogP contribution in [-0.4, -0.2) is 38.4 Å². The number of nitrogens with zero attached hydrogens (tertiary/aromatic N) is 4. The number of anilines is 2. The van der Waals surface area contributed by atoms with Crippen molar-refractivity contribution < 1.29 is 14.3 Å². The van der Waals surface area contributed by atoms with Crippen LogP contribution in [-0.2, 0) is 0 Å². The average molecular weight is 431 g/mol. The Kier molecular flexibility index (Phi) is 5.19. The minimum absolute atomic E-state index is 0.0000826. The number of nitrogens with two attached hydrogens (primary N) is 2. The third-order valence-corrected chi connectivity index (χ3v) is 5.12. The van der Waals surface area contributed by atoms with Gasteiger partial charge in [-0.1, -0.05) is 6.07 Å². The fourth-order valence-corrected chi connectivity index (χ4v) is 3.65. The number of methoxy groups -OCH3 is 1. The van der Waals surface area contributed by atoms with Gasteiger partial charge in [-0.15, -0.1) is 0 Å². The standard InChI is InChI=1S/C22H21N7O3/c1-11-6-7-15(32-3)12(2)18(11)29-19(23)16(20(24)30)17-21(29)26-10-14(28-17)22(31)27-13-5-4-8-25-9-13/h4-10H,23H2,1-3H3,(H2,24,30)(H,27,31). The van der Waals surface area contributed by atoms with Gasteiger partial charge in [0.25, 0.3) is 11.8 Å². The fourth-order valence-electron chi connectivity index (χ4n) is 3.65. The number of nitrogen functional groups attached to an aromatic ring is 1. The highest BCUT2D eigenvalue weighted by Crippen LogP contribution is 2.35. The van der Waals surface area contributed by atoms with E-state index in [1.54, 1.807) is 30.0 Å². The number of hydrogen-bond acceptors (Lipinski definition) is 7. The van der Waals surface area contributed by atoms with Crippen LogP contribution in [0.2, 0.25) is 0 Å². The van der Waals surface area contributed by atoms with Crippen LogP contribution in [0.15, 0.2) is 42.9 Å². The first-order valence-corrected chi connectivity index (χ1v) is 9.66. The number of primary amides is 1. The van der Waals surface area contributed by atoms with E-state index >= 15 is 0 Å². The molecule has 3 aromatic heterocycles. The Morgan fingerprint density at radius 3 is 2.59 bits per heavy atom. The first kappa shape index (κ1) is 20.8. The maximum atomic E-state index is 12.7. The highest BCUT2D eigenvalue weighted by Gasteiger charge is 2.26. The lowest BCUT2D eigenvalue weighted by Crippen LogP contribution is -2.16. The van der Waals surface area contributed by atoms with Crippen LogP contribution in [0.4, 0.5) is 11.5 Å². The Balaban J connectivity index is 1.92. The SMILES string of the molecule is COc1ccc(C)c(-n2c(N)c(C(N)=O)c3nc(C(=O)Nc4cccnc4)cnc32)c1C.